The molecule has 0 spiro atoms. The van der Waals surface area contributed by atoms with E-state index in [4.69, 9.17) is 4.42 Å². The Kier molecular flexibility index (Phi) is 4.49. The van der Waals surface area contributed by atoms with Gasteiger partial charge in [0.25, 0.3) is 0 Å². The van der Waals surface area contributed by atoms with Crippen LogP contribution in [0.5, 0.6) is 0 Å². The maximum atomic E-state index is 13.4. The monoisotopic (exact) mass is 262 g/mol. The predicted molar refractivity (Wildman–Crippen MR) is 69.9 cm³/mol. The van der Waals surface area contributed by atoms with Gasteiger partial charge in [-0.1, -0.05) is 0 Å². The lowest BCUT2D eigenvalue weighted by Gasteiger charge is -2.10. The molecule has 2 N–H and O–H groups in total. The van der Waals surface area contributed by atoms with Crippen LogP contribution in [-0.4, -0.2) is 18.0 Å². The molecular weight excluding hydrogens is 247 g/mol. The van der Waals surface area contributed by atoms with Crippen molar-refractivity contribution >= 4 is 5.96 Å². The lowest BCUT2D eigenvalue weighted by Crippen LogP contribution is -2.36. The zero-order chi connectivity index (χ0) is 13.5. The summed E-state index contributed by atoms with van der Waals surface area (Å²) in [5.41, 5.74) is 0.350. The first-order chi connectivity index (χ1) is 9.29. The van der Waals surface area contributed by atoms with E-state index in [2.05, 4.69) is 20.6 Å². The van der Waals surface area contributed by atoms with Crippen LogP contribution in [0.1, 0.15) is 11.5 Å². The molecule has 2 heterocycles. The second-order valence-corrected chi connectivity index (χ2v) is 3.79. The van der Waals surface area contributed by atoms with Gasteiger partial charge < -0.3 is 15.1 Å². The van der Waals surface area contributed by atoms with Gasteiger partial charge in [0.15, 0.2) is 5.96 Å². The standard InChI is InChI=1S/C13H15FN4O/c1-15-13(17-8-10-4-3-7-19-10)18-9-12-11(14)5-2-6-16-12/h2-7H,8-9H2,1H3,(H2,15,17,18). The first-order valence-electron chi connectivity index (χ1n) is 5.86. The first-order valence-corrected chi connectivity index (χ1v) is 5.86. The average molecular weight is 262 g/mol. The maximum Gasteiger partial charge on any atom is 0.191 e. The molecule has 0 amide bonds. The van der Waals surface area contributed by atoms with Gasteiger partial charge in [-0.25, -0.2) is 4.39 Å². The molecule has 0 saturated heterocycles. The number of hydrogen-bond donors (Lipinski definition) is 2. The molecule has 0 unspecified atom stereocenters. The summed E-state index contributed by atoms with van der Waals surface area (Å²) < 4.78 is 18.6. The van der Waals surface area contributed by atoms with E-state index in [9.17, 15) is 4.39 Å². The van der Waals surface area contributed by atoms with Crippen LogP contribution < -0.4 is 10.6 Å². The van der Waals surface area contributed by atoms with Crippen LogP contribution in [-0.2, 0) is 13.1 Å². The first kappa shape index (κ1) is 13.1. The zero-order valence-corrected chi connectivity index (χ0v) is 10.6. The van der Waals surface area contributed by atoms with E-state index in [1.165, 1.54) is 6.07 Å². The van der Waals surface area contributed by atoms with E-state index < -0.39 is 0 Å². The molecular formula is C13H15FN4O. The SMILES string of the molecule is CN=C(NCc1ccco1)NCc1ncccc1F. The summed E-state index contributed by atoms with van der Waals surface area (Å²) in [6.45, 7) is 0.780. The number of rotatable bonds is 4. The number of guanidine groups is 1. The van der Waals surface area contributed by atoms with E-state index in [0.29, 0.717) is 18.2 Å². The van der Waals surface area contributed by atoms with E-state index in [0.717, 1.165) is 5.76 Å². The Hall–Kier alpha value is -2.37. The molecule has 2 aromatic heterocycles. The van der Waals surface area contributed by atoms with E-state index in [1.807, 2.05) is 12.1 Å². The van der Waals surface area contributed by atoms with Crippen LogP contribution in [0.15, 0.2) is 46.1 Å². The quantitative estimate of drug-likeness (QED) is 0.650. The minimum atomic E-state index is -0.337. The number of hydrogen-bond acceptors (Lipinski definition) is 3. The van der Waals surface area contributed by atoms with Crippen LogP contribution >= 0.6 is 0 Å². The van der Waals surface area contributed by atoms with Crippen LogP contribution in [0, 0.1) is 5.82 Å². The number of furan rings is 1. The molecule has 0 radical (unpaired) electrons. The molecule has 0 aliphatic rings. The molecule has 5 nitrogen and oxygen atoms in total. The Morgan fingerprint density at radius 3 is 2.84 bits per heavy atom. The Morgan fingerprint density at radius 1 is 1.32 bits per heavy atom. The summed E-state index contributed by atoms with van der Waals surface area (Å²) >= 11 is 0. The van der Waals surface area contributed by atoms with Gasteiger partial charge in [-0.2, -0.15) is 0 Å². The second kappa shape index (κ2) is 6.53. The molecule has 0 bridgehead atoms. The molecule has 0 aliphatic heterocycles. The fourth-order valence-electron chi connectivity index (χ4n) is 1.52. The molecule has 0 fully saturated rings. The third kappa shape index (κ3) is 3.80. The van der Waals surface area contributed by atoms with Crippen molar-refractivity contribution in [3.05, 3.63) is 54.0 Å². The summed E-state index contributed by atoms with van der Waals surface area (Å²) in [5, 5.41) is 6.04. The summed E-state index contributed by atoms with van der Waals surface area (Å²) in [7, 11) is 1.65. The summed E-state index contributed by atoms with van der Waals surface area (Å²) in [6, 6.07) is 6.61. The van der Waals surface area contributed by atoms with Crippen LogP contribution in [0.3, 0.4) is 0 Å². The highest BCUT2D eigenvalue weighted by molar-refractivity contribution is 5.79. The fourth-order valence-corrected chi connectivity index (χ4v) is 1.52. The van der Waals surface area contributed by atoms with Crippen molar-refractivity contribution < 1.29 is 8.81 Å². The Morgan fingerprint density at radius 2 is 2.16 bits per heavy atom. The molecule has 0 aliphatic carbocycles. The van der Waals surface area contributed by atoms with Crippen molar-refractivity contribution in [2.75, 3.05) is 7.05 Å². The predicted octanol–water partition coefficient (Wildman–Crippen LogP) is 1.68. The van der Waals surface area contributed by atoms with Crippen LogP contribution in [0.25, 0.3) is 0 Å². The lowest BCUT2D eigenvalue weighted by atomic mass is 10.3. The number of aliphatic imine (C=N–C) groups is 1. The molecule has 0 atom stereocenters. The summed E-state index contributed by atoms with van der Waals surface area (Å²) in [6.07, 6.45) is 3.16. The normalized spacial score (nSPS) is 11.4. The van der Waals surface area contributed by atoms with Gasteiger partial charge in [0, 0.05) is 13.2 Å². The maximum absolute atomic E-state index is 13.4. The molecule has 0 aromatic carbocycles. The molecule has 2 aromatic rings. The highest BCUT2D eigenvalue weighted by atomic mass is 19.1. The minimum Gasteiger partial charge on any atom is -0.467 e. The lowest BCUT2D eigenvalue weighted by molar-refractivity contribution is 0.501. The van der Waals surface area contributed by atoms with Crippen LogP contribution in [0.2, 0.25) is 0 Å². The Bertz CT molecular complexity index is 539. The third-order valence-electron chi connectivity index (χ3n) is 2.49. The second-order valence-electron chi connectivity index (χ2n) is 3.79. The Balaban J connectivity index is 1.85. The van der Waals surface area contributed by atoms with Gasteiger partial charge in [0.2, 0.25) is 0 Å². The van der Waals surface area contributed by atoms with Gasteiger partial charge in [-0.05, 0) is 24.3 Å². The summed E-state index contributed by atoms with van der Waals surface area (Å²) in [4.78, 5) is 7.99. The Labute approximate surface area is 110 Å². The van der Waals surface area contributed by atoms with Crippen molar-refractivity contribution in [3.63, 3.8) is 0 Å². The number of pyridine rings is 1. The van der Waals surface area contributed by atoms with Crippen molar-refractivity contribution in [1.29, 1.82) is 0 Å². The number of nitrogens with one attached hydrogen (secondary N) is 2. The van der Waals surface area contributed by atoms with Crippen molar-refractivity contribution in [3.8, 4) is 0 Å². The molecule has 100 valence electrons. The molecule has 0 saturated carbocycles. The van der Waals surface area contributed by atoms with Crippen LogP contribution in [0.4, 0.5) is 4.39 Å². The smallest absolute Gasteiger partial charge is 0.191 e. The molecule has 19 heavy (non-hydrogen) atoms. The van der Waals surface area contributed by atoms with Gasteiger partial charge >= 0.3 is 0 Å². The highest BCUT2D eigenvalue weighted by Gasteiger charge is 2.04. The van der Waals surface area contributed by atoms with Gasteiger partial charge in [-0.15, -0.1) is 0 Å². The number of aromatic nitrogens is 1. The van der Waals surface area contributed by atoms with Crippen molar-refractivity contribution in [2.45, 2.75) is 13.1 Å². The molecule has 6 heteroatoms. The average Bonchev–Trinajstić information content (AvgIpc) is 2.94. The molecule has 2 rings (SSSR count). The van der Waals surface area contributed by atoms with Crippen molar-refractivity contribution in [2.24, 2.45) is 4.99 Å². The topological polar surface area (TPSA) is 62.5 Å². The largest absolute Gasteiger partial charge is 0.467 e. The zero-order valence-electron chi connectivity index (χ0n) is 10.6. The third-order valence-corrected chi connectivity index (χ3v) is 2.49. The summed E-state index contributed by atoms with van der Waals surface area (Å²) in [5.74, 6) is 1.02. The van der Waals surface area contributed by atoms with E-state index in [-0.39, 0.29) is 12.4 Å². The number of halogens is 1. The van der Waals surface area contributed by atoms with E-state index in [1.54, 1.807) is 25.6 Å². The minimum absolute atomic E-state index is 0.268. The fraction of sp³-hybridized carbons (Fsp3) is 0.231. The van der Waals surface area contributed by atoms with Gasteiger partial charge in [0.1, 0.15) is 11.6 Å². The van der Waals surface area contributed by atoms with E-state index >= 15 is 0 Å². The van der Waals surface area contributed by atoms with Gasteiger partial charge in [0.05, 0.1) is 25.0 Å². The van der Waals surface area contributed by atoms with Gasteiger partial charge in [-0.3, -0.25) is 9.98 Å². The highest BCUT2D eigenvalue weighted by Crippen LogP contribution is 2.02. The van der Waals surface area contributed by atoms with Crippen molar-refractivity contribution in [1.82, 2.24) is 15.6 Å². The number of nitrogens with zero attached hydrogens (tertiary/aromatic N) is 2.